The van der Waals surface area contributed by atoms with Crippen LogP contribution >= 0.6 is 0 Å². The van der Waals surface area contributed by atoms with Crippen molar-refractivity contribution in [1.82, 2.24) is 14.8 Å². The maximum absolute atomic E-state index is 13.8. The molecule has 0 spiro atoms. The molecule has 1 fully saturated rings. The van der Waals surface area contributed by atoms with E-state index in [2.05, 4.69) is 9.88 Å². The Kier molecular flexibility index (Phi) is 4.83. The Balaban J connectivity index is 1.68. The van der Waals surface area contributed by atoms with Gasteiger partial charge in [0.15, 0.2) is 0 Å². The Morgan fingerprint density at radius 1 is 1.26 bits per heavy atom. The first kappa shape index (κ1) is 15.8. The van der Waals surface area contributed by atoms with Crippen molar-refractivity contribution in [3.8, 4) is 0 Å². The molecule has 1 aromatic heterocycles. The van der Waals surface area contributed by atoms with Gasteiger partial charge in [-0.2, -0.15) is 0 Å². The SMILES string of the molecule is COCC(=O)N1CCN(Cc2ccc(F)c3cccnc23)CC1. The predicted molar refractivity (Wildman–Crippen MR) is 85.4 cm³/mol. The largest absolute Gasteiger partial charge is 0.375 e. The molecular formula is C17H20FN3O2. The lowest BCUT2D eigenvalue weighted by Gasteiger charge is -2.34. The smallest absolute Gasteiger partial charge is 0.248 e. The van der Waals surface area contributed by atoms with Crippen molar-refractivity contribution in [3.63, 3.8) is 0 Å². The number of hydrogen-bond acceptors (Lipinski definition) is 4. The lowest BCUT2D eigenvalue weighted by atomic mass is 10.1. The van der Waals surface area contributed by atoms with E-state index in [1.54, 1.807) is 24.4 Å². The van der Waals surface area contributed by atoms with E-state index in [4.69, 9.17) is 4.74 Å². The van der Waals surface area contributed by atoms with Crippen molar-refractivity contribution < 1.29 is 13.9 Å². The summed E-state index contributed by atoms with van der Waals surface area (Å²) in [6, 6.07) is 6.79. The molecule has 1 aliphatic rings. The van der Waals surface area contributed by atoms with Gasteiger partial charge in [0.05, 0.1) is 5.52 Å². The van der Waals surface area contributed by atoms with Crippen LogP contribution in [0.25, 0.3) is 10.9 Å². The molecule has 122 valence electrons. The summed E-state index contributed by atoms with van der Waals surface area (Å²) in [5, 5.41) is 0.555. The second kappa shape index (κ2) is 7.02. The molecule has 0 bridgehead atoms. The fraction of sp³-hybridized carbons (Fsp3) is 0.412. The zero-order valence-corrected chi connectivity index (χ0v) is 13.2. The summed E-state index contributed by atoms with van der Waals surface area (Å²) in [4.78, 5) is 20.2. The van der Waals surface area contributed by atoms with Gasteiger partial charge in [0.1, 0.15) is 12.4 Å². The molecular weight excluding hydrogens is 297 g/mol. The number of benzene rings is 1. The number of rotatable bonds is 4. The summed E-state index contributed by atoms with van der Waals surface area (Å²) in [6.07, 6.45) is 1.69. The van der Waals surface area contributed by atoms with Gasteiger partial charge in [-0.3, -0.25) is 14.7 Å². The number of ether oxygens (including phenoxy) is 1. The Morgan fingerprint density at radius 3 is 2.78 bits per heavy atom. The van der Waals surface area contributed by atoms with Crippen LogP contribution in [0.1, 0.15) is 5.56 Å². The van der Waals surface area contributed by atoms with Gasteiger partial charge in [-0.1, -0.05) is 6.07 Å². The van der Waals surface area contributed by atoms with Gasteiger partial charge in [-0.25, -0.2) is 4.39 Å². The van der Waals surface area contributed by atoms with Crippen LogP contribution in [0.3, 0.4) is 0 Å². The molecule has 5 nitrogen and oxygen atoms in total. The Morgan fingerprint density at radius 2 is 2.04 bits per heavy atom. The zero-order valence-electron chi connectivity index (χ0n) is 13.2. The van der Waals surface area contributed by atoms with Gasteiger partial charge in [-0.15, -0.1) is 0 Å². The number of nitrogens with zero attached hydrogens (tertiary/aromatic N) is 3. The van der Waals surface area contributed by atoms with Gasteiger partial charge < -0.3 is 9.64 Å². The molecule has 23 heavy (non-hydrogen) atoms. The van der Waals surface area contributed by atoms with Crippen LogP contribution < -0.4 is 0 Å². The van der Waals surface area contributed by atoms with Crippen LogP contribution in [0, 0.1) is 5.82 Å². The van der Waals surface area contributed by atoms with Crippen molar-refractivity contribution in [2.24, 2.45) is 0 Å². The second-order valence-corrected chi connectivity index (χ2v) is 5.70. The Bertz CT molecular complexity index is 699. The van der Waals surface area contributed by atoms with E-state index < -0.39 is 0 Å². The van der Waals surface area contributed by atoms with Crippen molar-refractivity contribution in [3.05, 3.63) is 41.8 Å². The van der Waals surface area contributed by atoms with Crippen LogP contribution in [0.2, 0.25) is 0 Å². The molecule has 1 amide bonds. The fourth-order valence-corrected chi connectivity index (χ4v) is 2.94. The maximum Gasteiger partial charge on any atom is 0.248 e. The Labute approximate surface area is 134 Å². The number of amides is 1. The third-order valence-corrected chi connectivity index (χ3v) is 4.19. The molecule has 3 rings (SSSR count). The molecule has 0 unspecified atom stereocenters. The summed E-state index contributed by atoms with van der Waals surface area (Å²) in [6.45, 7) is 3.80. The molecule has 1 saturated heterocycles. The maximum atomic E-state index is 13.8. The highest BCUT2D eigenvalue weighted by Gasteiger charge is 2.21. The van der Waals surface area contributed by atoms with Crippen LogP contribution in [-0.2, 0) is 16.1 Å². The lowest BCUT2D eigenvalue weighted by molar-refractivity contribution is -0.136. The summed E-state index contributed by atoms with van der Waals surface area (Å²) >= 11 is 0. The molecule has 2 aromatic rings. The molecule has 1 aliphatic heterocycles. The molecule has 2 heterocycles. The minimum absolute atomic E-state index is 0.0287. The average molecular weight is 317 g/mol. The van der Waals surface area contributed by atoms with Crippen LogP contribution in [0.5, 0.6) is 0 Å². The molecule has 6 heteroatoms. The minimum Gasteiger partial charge on any atom is -0.375 e. The number of fused-ring (bicyclic) bond motifs is 1. The van der Waals surface area contributed by atoms with Crippen molar-refractivity contribution in [2.45, 2.75) is 6.54 Å². The topological polar surface area (TPSA) is 45.7 Å². The van der Waals surface area contributed by atoms with Crippen molar-refractivity contribution >= 4 is 16.8 Å². The van der Waals surface area contributed by atoms with Gasteiger partial charge in [0.25, 0.3) is 0 Å². The van der Waals surface area contributed by atoms with Crippen LogP contribution in [0.4, 0.5) is 4.39 Å². The van der Waals surface area contributed by atoms with E-state index in [0.29, 0.717) is 30.5 Å². The summed E-state index contributed by atoms with van der Waals surface area (Å²) in [7, 11) is 1.53. The number of carbonyl (C=O) groups excluding carboxylic acids is 1. The molecule has 0 N–H and O–H groups in total. The van der Waals surface area contributed by atoms with Crippen molar-refractivity contribution in [1.29, 1.82) is 0 Å². The number of methoxy groups -OCH3 is 1. The van der Waals surface area contributed by atoms with Gasteiger partial charge in [0, 0.05) is 51.4 Å². The molecule has 0 aliphatic carbocycles. The van der Waals surface area contributed by atoms with E-state index in [-0.39, 0.29) is 18.3 Å². The van der Waals surface area contributed by atoms with Crippen LogP contribution in [0.15, 0.2) is 30.5 Å². The number of pyridine rings is 1. The van der Waals surface area contributed by atoms with E-state index in [0.717, 1.165) is 18.7 Å². The van der Waals surface area contributed by atoms with Gasteiger partial charge in [-0.05, 0) is 23.8 Å². The van der Waals surface area contributed by atoms with E-state index in [9.17, 15) is 9.18 Å². The minimum atomic E-state index is -0.244. The van der Waals surface area contributed by atoms with Gasteiger partial charge >= 0.3 is 0 Å². The average Bonchev–Trinajstić information content (AvgIpc) is 2.58. The highest BCUT2D eigenvalue weighted by molar-refractivity contribution is 5.82. The normalized spacial score (nSPS) is 16.0. The first-order valence-corrected chi connectivity index (χ1v) is 7.70. The molecule has 0 radical (unpaired) electrons. The van der Waals surface area contributed by atoms with E-state index in [1.807, 2.05) is 4.90 Å². The van der Waals surface area contributed by atoms with Gasteiger partial charge in [0.2, 0.25) is 5.91 Å². The fourth-order valence-electron chi connectivity index (χ4n) is 2.94. The van der Waals surface area contributed by atoms with Crippen molar-refractivity contribution in [2.75, 3.05) is 39.9 Å². The summed E-state index contributed by atoms with van der Waals surface area (Å²) in [5.74, 6) is -0.215. The predicted octanol–water partition coefficient (Wildman–Crippen LogP) is 1.66. The van der Waals surface area contributed by atoms with Crippen LogP contribution in [-0.4, -0.2) is 60.6 Å². The lowest BCUT2D eigenvalue weighted by Crippen LogP contribution is -2.49. The number of aromatic nitrogens is 1. The summed E-state index contributed by atoms with van der Waals surface area (Å²) < 4.78 is 18.7. The van der Waals surface area contributed by atoms with E-state index in [1.165, 1.54) is 13.2 Å². The molecule has 0 saturated carbocycles. The molecule has 1 aromatic carbocycles. The highest BCUT2D eigenvalue weighted by Crippen LogP contribution is 2.21. The summed E-state index contributed by atoms with van der Waals surface area (Å²) in [5.41, 5.74) is 1.73. The molecule has 0 atom stereocenters. The third-order valence-electron chi connectivity index (χ3n) is 4.19. The quantitative estimate of drug-likeness (QED) is 0.860. The number of piperazine rings is 1. The third kappa shape index (κ3) is 3.48. The first-order valence-electron chi connectivity index (χ1n) is 7.70. The number of carbonyl (C=O) groups is 1. The standard InChI is InChI=1S/C17H20FN3O2/c1-23-12-16(22)21-9-7-20(8-10-21)11-13-4-5-15(18)14-3-2-6-19-17(13)14/h2-6H,7-12H2,1H3. The first-order chi connectivity index (χ1) is 11.2. The highest BCUT2D eigenvalue weighted by atomic mass is 19.1. The monoisotopic (exact) mass is 317 g/mol. The number of hydrogen-bond donors (Lipinski definition) is 0. The number of halogens is 1. The zero-order chi connectivity index (χ0) is 16.2. The Hall–Kier alpha value is -2.05. The van der Waals surface area contributed by atoms with E-state index >= 15 is 0 Å². The second-order valence-electron chi connectivity index (χ2n) is 5.70.